The van der Waals surface area contributed by atoms with E-state index < -0.39 is 0 Å². The van der Waals surface area contributed by atoms with Crippen LogP contribution < -0.4 is 10.6 Å². The Hall–Kier alpha value is -1.25. The molecule has 0 unspecified atom stereocenters. The summed E-state index contributed by atoms with van der Waals surface area (Å²) < 4.78 is 5.30. The molecule has 2 amide bonds. The highest BCUT2D eigenvalue weighted by Crippen LogP contribution is 2.29. The summed E-state index contributed by atoms with van der Waals surface area (Å²) in [6.45, 7) is 4.90. The van der Waals surface area contributed by atoms with E-state index >= 15 is 0 Å². The molecule has 0 aromatic carbocycles. The van der Waals surface area contributed by atoms with E-state index in [0.717, 1.165) is 50.2 Å². The number of ether oxygens (including phenoxy) is 1. The van der Waals surface area contributed by atoms with Gasteiger partial charge in [0, 0.05) is 32.6 Å². The van der Waals surface area contributed by atoms with Gasteiger partial charge in [0.25, 0.3) is 0 Å². The van der Waals surface area contributed by atoms with Crippen molar-refractivity contribution in [3.8, 4) is 0 Å². The van der Waals surface area contributed by atoms with E-state index in [2.05, 4.69) is 25.7 Å². The summed E-state index contributed by atoms with van der Waals surface area (Å²) in [5.41, 5.74) is 0. The Morgan fingerprint density at radius 3 is 2.83 bits per heavy atom. The normalized spacial score (nSPS) is 19.8. The molecule has 2 heterocycles. The van der Waals surface area contributed by atoms with Gasteiger partial charge in [-0.05, 0) is 5.92 Å². The smallest absolute Gasteiger partial charge is 0.321 e. The number of rotatable bonds is 6. The van der Waals surface area contributed by atoms with Crippen molar-refractivity contribution in [3.05, 3.63) is 5.01 Å². The fourth-order valence-electron chi connectivity index (χ4n) is 3.14. The quantitative estimate of drug-likeness (QED) is 0.825. The lowest BCUT2D eigenvalue weighted by Gasteiger charge is -2.26. The number of carbonyl (C=O) groups is 1. The van der Waals surface area contributed by atoms with Crippen molar-refractivity contribution in [2.45, 2.75) is 32.1 Å². The topological polar surface area (TPSA) is 79.4 Å². The highest BCUT2D eigenvalue weighted by molar-refractivity contribution is 7.15. The SMILES string of the molecule is O=C(NCCN1CCOCC1)Nc1nnc(CC2CCCC2)s1. The van der Waals surface area contributed by atoms with E-state index in [9.17, 15) is 4.79 Å². The average molecular weight is 339 g/mol. The maximum absolute atomic E-state index is 11.9. The van der Waals surface area contributed by atoms with Crippen LogP contribution in [0.1, 0.15) is 30.7 Å². The number of nitrogens with one attached hydrogen (secondary N) is 2. The molecular weight excluding hydrogens is 314 g/mol. The van der Waals surface area contributed by atoms with E-state index in [1.807, 2.05) is 0 Å². The van der Waals surface area contributed by atoms with Gasteiger partial charge in [0.05, 0.1) is 13.2 Å². The molecule has 0 spiro atoms. The number of amides is 2. The third-order valence-corrected chi connectivity index (χ3v) is 5.30. The molecule has 1 aromatic rings. The molecule has 1 saturated carbocycles. The zero-order valence-corrected chi connectivity index (χ0v) is 14.2. The first-order valence-electron chi connectivity index (χ1n) is 8.47. The molecule has 128 valence electrons. The molecule has 1 aromatic heterocycles. The van der Waals surface area contributed by atoms with Crippen molar-refractivity contribution in [2.75, 3.05) is 44.7 Å². The summed E-state index contributed by atoms with van der Waals surface area (Å²) >= 11 is 1.49. The summed E-state index contributed by atoms with van der Waals surface area (Å²) in [7, 11) is 0. The van der Waals surface area contributed by atoms with Gasteiger partial charge in [-0.1, -0.05) is 37.0 Å². The van der Waals surface area contributed by atoms with Crippen LogP contribution >= 0.6 is 11.3 Å². The van der Waals surface area contributed by atoms with Gasteiger partial charge in [-0.15, -0.1) is 10.2 Å². The zero-order valence-electron chi connectivity index (χ0n) is 13.4. The third-order valence-electron chi connectivity index (χ3n) is 4.44. The van der Waals surface area contributed by atoms with Crippen LogP contribution in [-0.4, -0.2) is 60.5 Å². The van der Waals surface area contributed by atoms with Gasteiger partial charge >= 0.3 is 6.03 Å². The van der Waals surface area contributed by atoms with Crippen molar-refractivity contribution in [3.63, 3.8) is 0 Å². The first kappa shape index (κ1) is 16.6. The van der Waals surface area contributed by atoms with Gasteiger partial charge in [0.2, 0.25) is 5.13 Å². The van der Waals surface area contributed by atoms with E-state index in [4.69, 9.17) is 4.74 Å². The molecule has 2 aliphatic rings. The molecule has 3 rings (SSSR count). The fraction of sp³-hybridized carbons (Fsp3) is 0.800. The standard InChI is InChI=1S/C15H25N5O2S/c21-14(16-5-6-20-7-9-22-10-8-20)17-15-19-18-13(23-15)11-12-3-1-2-4-12/h12H,1-11H2,(H2,16,17,19,21). The van der Waals surface area contributed by atoms with Crippen LogP contribution in [0.3, 0.4) is 0 Å². The van der Waals surface area contributed by atoms with Gasteiger partial charge in [-0.2, -0.15) is 0 Å². The van der Waals surface area contributed by atoms with Gasteiger partial charge < -0.3 is 10.1 Å². The molecule has 8 heteroatoms. The van der Waals surface area contributed by atoms with Crippen molar-refractivity contribution < 1.29 is 9.53 Å². The molecule has 0 bridgehead atoms. The van der Waals surface area contributed by atoms with Crippen LogP contribution in [0.2, 0.25) is 0 Å². The summed E-state index contributed by atoms with van der Waals surface area (Å²) in [6.07, 6.45) is 6.26. The molecular formula is C15H25N5O2S. The Morgan fingerprint density at radius 1 is 1.26 bits per heavy atom. The second kappa shape index (κ2) is 8.56. The molecule has 0 radical (unpaired) electrons. The van der Waals surface area contributed by atoms with E-state index in [-0.39, 0.29) is 6.03 Å². The number of hydrogen-bond acceptors (Lipinski definition) is 6. The minimum absolute atomic E-state index is 0.207. The largest absolute Gasteiger partial charge is 0.379 e. The Labute approximate surface area is 140 Å². The van der Waals surface area contributed by atoms with Crippen LogP contribution in [0.25, 0.3) is 0 Å². The van der Waals surface area contributed by atoms with Gasteiger partial charge in [-0.25, -0.2) is 4.79 Å². The average Bonchev–Trinajstić information content (AvgIpc) is 3.21. The minimum Gasteiger partial charge on any atom is -0.379 e. The fourth-order valence-corrected chi connectivity index (χ4v) is 3.99. The number of anilines is 1. The van der Waals surface area contributed by atoms with E-state index in [1.165, 1.54) is 37.0 Å². The Morgan fingerprint density at radius 2 is 2.04 bits per heavy atom. The molecule has 1 aliphatic heterocycles. The van der Waals surface area contributed by atoms with Crippen molar-refractivity contribution >= 4 is 22.5 Å². The number of nitrogens with zero attached hydrogens (tertiary/aromatic N) is 3. The second-order valence-electron chi connectivity index (χ2n) is 6.19. The number of carbonyl (C=O) groups excluding carboxylic acids is 1. The van der Waals surface area contributed by atoms with Crippen LogP contribution in [0.4, 0.5) is 9.93 Å². The molecule has 1 aliphatic carbocycles. The first-order chi connectivity index (χ1) is 11.3. The molecule has 2 N–H and O–H groups in total. The number of urea groups is 1. The zero-order chi connectivity index (χ0) is 15.9. The molecule has 1 saturated heterocycles. The monoisotopic (exact) mass is 339 g/mol. The number of aromatic nitrogens is 2. The van der Waals surface area contributed by atoms with Crippen LogP contribution in [0.5, 0.6) is 0 Å². The third kappa shape index (κ3) is 5.40. The molecule has 23 heavy (non-hydrogen) atoms. The van der Waals surface area contributed by atoms with Gasteiger partial charge in [0.15, 0.2) is 0 Å². The lowest BCUT2D eigenvalue weighted by Crippen LogP contribution is -2.42. The Kier molecular flexibility index (Phi) is 6.18. The maximum Gasteiger partial charge on any atom is 0.321 e. The van der Waals surface area contributed by atoms with Crippen LogP contribution in [0.15, 0.2) is 0 Å². The number of morpholine rings is 1. The summed E-state index contributed by atoms with van der Waals surface area (Å²) in [5.74, 6) is 0.748. The summed E-state index contributed by atoms with van der Waals surface area (Å²) in [6, 6.07) is -0.207. The predicted octanol–water partition coefficient (Wildman–Crippen LogP) is 1.72. The molecule has 2 fully saturated rings. The number of hydrogen-bond donors (Lipinski definition) is 2. The summed E-state index contributed by atoms with van der Waals surface area (Å²) in [5, 5.41) is 15.5. The van der Waals surface area contributed by atoms with E-state index in [1.54, 1.807) is 0 Å². The first-order valence-corrected chi connectivity index (χ1v) is 9.28. The maximum atomic E-state index is 11.9. The van der Waals surface area contributed by atoms with Gasteiger partial charge in [-0.3, -0.25) is 10.2 Å². The summed E-state index contributed by atoms with van der Waals surface area (Å²) in [4.78, 5) is 14.2. The van der Waals surface area contributed by atoms with Crippen LogP contribution in [0, 0.1) is 5.92 Å². The van der Waals surface area contributed by atoms with Crippen molar-refractivity contribution in [1.29, 1.82) is 0 Å². The second-order valence-corrected chi connectivity index (χ2v) is 7.25. The lowest BCUT2D eigenvalue weighted by atomic mass is 10.1. The van der Waals surface area contributed by atoms with Crippen LogP contribution in [-0.2, 0) is 11.2 Å². The minimum atomic E-state index is -0.207. The predicted molar refractivity (Wildman–Crippen MR) is 89.9 cm³/mol. The molecule has 7 nitrogen and oxygen atoms in total. The Bertz CT molecular complexity index is 498. The van der Waals surface area contributed by atoms with Crippen molar-refractivity contribution in [1.82, 2.24) is 20.4 Å². The van der Waals surface area contributed by atoms with E-state index in [0.29, 0.717) is 11.7 Å². The van der Waals surface area contributed by atoms with Crippen molar-refractivity contribution in [2.24, 2.45) is 5.92 Å². The highest BCUT2D eigenvalue weighted by atomic mass is 32.1. The Balaban J connectivity index is 1.35. The lowest BCUT2D eigenvalue weighted by molar-refractivity contribution is 0.0388. The van der Waals surface area contributed by atoms with Gasteiger partial charge in [0.1, 0.15) is 5.01 Å². The highest BCUT2D eigenvalue weighted by Gasteiger charge is 2.18. The molecule has 0 atom stereocenters.